The predicted molar refractivity (Wildman–Crippen MR) is 288 cm³/mol. The molecule has 0 unspecified atom stereocenters. The number of para-hydroxylation sites is 1. The largest absolute Gasteiger partial charge is 0.509 e. The van der Waals surface area contributed by atoms with E-state index in [9.17, 15) is 0 Å². The molecule has 0 saturated carbocycles. The molecule has 0 N–H and O–H groups in total. The Morgan fingerprint density at radius 2 is 1.10 bits per heavy atom. The van der Waals surface area contributed by atoms with Crippen LogP contribution in [0, 0.1) is 18.8 Å². The minimum atomic E-state index is -0.362. The van der Waals surface area contributed by atoms with Crippen molar-refractivity contribution in [3.05, 3.63) is 235 Å². The summed E-state index contributed by atoms with van der Waals surface area (Å²) in [6.45, 7) is 24.9. The van der Waals surface area contributed by atoms with Crippen LogP contribution in [0.15, 0.2) is 182 Å². The van der Waals surface area contributed by atoms with E-state index in [1.165, 1.54) is 38.9 Å². The van der Waals surface area contributed by atoms with E-state index in [0.717, 1.165) is 44.6 Å². The summed E-state index contributed by atoms with van der Waals surface area (Å²) in [5.74, 6) is 2.06. The maximum absolute atomic E-state index is 7.12. The topological polar surface area (TPSA) is 33.5 Å². The van der Waals surface area contributed by atoms with Crippen molar-refractivity contribution in [2.45, 2.75) is 90.9 Å². The number of aromatic nitrogens is 2. The average Bonchev–Trinajstić information content (AvgIpc) is 3.98. The molecule has 7 aromatic carbocycles. The third-order valence-electron chi connectivity index (χ3n) is 14.0. The van der Waals surface area contributed by atoms with Crippen LogP contribution >= 0.6 is 0 Å². The molecule has 0 atom stereocenters. The van der Waals surface area contributed by atoms with Crippen LogP contribution < -0.4 is 14.5 Å². The maximum atomic E-state index is 7.12. The Morgan fingerprint density at radius 1 is 0.500 bits per heavy atom. The predicted octanol–water partition coefficient (Wildman–Crippen LogP) is 16.4. The van der Waals surface area contributed by atoms with Crippen LogP contribution in [0.5, 0.6) is 11.5 Å². The first-order valence-electron chi connectivity index (χ1n) is 24.1. The van der Waals surface area contributed by atoms with Crippen molar-refractivity contribution < 1.29 is 25.8 Å². The third-order valence-corrected chi connectivity index (χ3v) is 14.0. The van der Waals surface area contributed by atoms with E-state index >= 15 is 0 Å². The van der Waals surface area contributed by atoms with Crippen LogP contribution in [-0.4, -0.2) is 9.55 Å². The second-order valence-corrected chi connectivity index (χ2v) is 21.6. The number of nitrogens with zero attached hydrogens (tertiary/aromatic N) is 4. The Balaban J connectivity index is 0.00000608. The fourth-order valence-corrected chi connectivity index (χ4v) is 9.69. The van der Waals surface area contributed by atoms with E-state index in [4.69, 9.17) is 9.72 Å². The van der Waals surface area contributed by atoms with Gasteiger partial charge in [-0.2, -0.15) is 0 Å². The van der Waals surface area contributed by atoms with E-state index in [1.54, 1.807) is 0 Å². The van der Waals surface area contributed by atoms with Gasteiger partial charge in [0.15, 0.2) is 0 Å². The molecule has 3 heterocycles. The molecule has 0 spiro atoms. The van der Waals surface area contributed by atoms with Gasteiger partial charge in [0, 0.05) is 55.4 Å². The number of ether oxygens (including phenoxy) is 1. The third kappa shape index (κ3) is 9.25. The minimum absolute atomic E-state index is 0. The molecule has 2 aromatic heterocycles. The molecule has 6 heteroatoms. The molecular weight excluding hydrogens is 1040 g/mol. The number of anilines is 2. The molecule has 0 radical (unpaired) electrons. The Morgan fingerprint density at radius 3 is 1.76 bits per heavy atom. The monoisotopic (exact) mass is 1100 g/mol. The van der Waals surface area contributed by atoms with Gasteiger partial charge in [0.25, 0.3) is 0 Å². The van der Waals surface area contributed by atoms with Gasteiger partial charge in [0.2, 0.25) is 0 Å². The molecular formula is C64H61N4OPt-3. The van der Waals surface area contributed by atoms with Crippen molar-refractivity contribution in [2.24, 2.45) is 0 Å². The van der Waals surface area contributed by atoms with Gasteiger partial charge in [0.1, 0.15) is 5.82 Å². The maximum Gasteiger partial charge on any atom is 0.135 e. The van der Waals surface area contributed by atoms with Crippen molar-refractivity contribution in [1.82, 2.24) is 9.55 Å². The van der Waals surface area contributed by atoms with E-state index in [-0.39, 0.29) is 42.7 Å². The first-order valence-corrected chi connectivity index (χ1v) is 24.1. The number of fused-ring (bicyclic) bond motifs is 3. The standard InChI is InChI=1S/C64H61N4O.Pt/c1-61(2,3)49-34-45(44-22-14-11-15-23-44)35-51(36-49)66-32-33-67(43-66)52-37-50(64(9,10)47-26-18-13-19-27-47)38-53(40-52)69-54-41-56(62(4,5)6)60-55-28-20-21-29-57(55)68(58(60)42-54)59-39-48(30-31-65-59)63(7,8)46-24-16-12-17-25-46;/h11-39,41,43H,1-10H3;/q-3;. The SMILES string of the molecule is CC(C)(C)c1cc(-c2ccccc2)cc(N2C=CN(c3[c-]c(Oc4[c-]c5c(c(C(C)(C)C)c4)c4ccccc4n5-c4cc(C(C)(C)c5ccccc5)ccn4)cc(C(C)(C)c4ccccc4)c3)[CH-]2)c1.[Pt]. The van der Waals surface area contributed by atoms with Crippen LogP contribution in [0.2, 0.25) is 0 Å². The van der Waals surface area contributed by atoms with Crippen LogP contribution in [0.25, 0.3) is 38.8 Å². The van der Waals surface area contributed by atoms with Crippen LogP contribution in [0.3, 0.4) is 0 Å². The molecule has 1 aliphatic heterocycles. The van der Waals surface area contributed by atoms with Crippen LogP contribution in [0.1, 0.15) is 103 Å². The zero-order chi connectivity index (χ0) is 48.3. The summed E-state index contributed by atoms with van der Waals surface area (Å²) >= 11 is 0. The van der Waals surface area contributed by atoms with Gasteiger partial charge < -0.3 is 19.1 Å². The molecule has 0 fully saturated rings. The Kier molecular flexibility index (Phi) is 12.8. The van der Waals surface area contributed by atoms with Gasteiger partial charge in [0.05, 0.1) is 0 Å². The first-order chi connectivity index (χ1) is 32.9. The van der Waals surface area contributed by atoms with Gasteiger partial charge in [-0.25, -0.2) is 4.98 Å². The molecule has 0 amide bonds. The fourth-order valence-electron chi connectivity index (χ4n) is 9.69. The molecule has 70 heavy (non-hydrogen) atoms. The summed E-state index contributed by atoms with van der Waals surface area (Å²) in [7, 11) is 0. The molecule has 0 bridgehead atoms. The summed E-state index contributed by atoms with van der Waals surface area (Å²) in [4.78, 5) is 9.40. The van der Waals surface area contributed by atoms with E-state index in [1.807, 2.05) is 6.20 Å². The summed E-state index contributed by atoms with van der Waals surface area (Å²) < 4.78 is 9.38. The van der Waals surface area contributed by atoms with Gasteiger partial charge >= 0.3 is 0 Å². The van der Waals surface area contributed by atoms with Gasteiger partial charge in [-0.3, -0.25) is 0 Å². The van der Waals surface area contributed by atoms with E-state index < -0.39 is 0 Å². The van der Waals surface area contributed by atoms with Gasteiger partial charge in [-0.1, -0.05) is 195 Å². The summed E-state index contributed by atoms with van der Waals surface area (Å²) in [5.41, 5.74) is 12.6. The van der Waals surface area contributed by atoms with Crippen molar-refractivity contribution in [3.8, 4) is 28.4 Å². The van der Waals surface area contributed by atoms with Gasteiger partial charge in [-0.15, -0.1) is 53.8 Å². The number of benzene rings is 7. The van der Waals surface area contributed by atoms with Crippen molar-refractivity contribution in [2.75, 3.05) is 9.80 Å². The zero-order valence-electron chi connectivity index (χ0n) is 41.9. The van der Waals surface area contributed by atoms with Crippen molar-refractivity contribution in [1.29, 1.82) is 0 Å². The molecule has 5 nitrogen and oxygen atoms in total. The minimum Gasteiger partial charge on any atom is -0.509 e. The second-order valence-electron chi connectivity index (χ2n) is 21.6. The molecule has 1 aliphatic rings. The summed E-state index contributed by atoms with van der Waals surface area (Å²) in [5, 5.41) is 2.30. The van der Waals surface area contributed by atoms with Crippen molar-refractivity contribution >= 4 is 33.2 Å². The zero-order valence-corrected chi connectivity index (χ0v) is 44.2. The number of hydrogen-bond acceptors (Lipinski definition) is 4. The Bertz CT molecular complexity index is 3360. The normalized spacial score (nSPS) is 13.3. The average molecular weight is 1100 g/mol. The molecule has 9 aromatic rings. The van der Waals surface area contributed by atoms with Gasteiger partial charge in [-0.05, 0) is 97.7 Å². The second kappa shape index (κ2) is 18.6. The fraction of sp³-hybridized carbons (Fsp3) is 0.219. The molecule has 10 rings (SSSR count). The van der Waals surface area contributed by atoms with Crippen molar-refractivity contribution in [3.63, 3.8) is 0 Å². The molecule has 0 saturated heterocycles. The number of rotatable bonds is 10. The Hall–Kier alpha value is -6.68. The van der Waals surface area contributed by atoms with E-state index in [0.29, 0.717) is 11.5 Å². The number of hydrogen-bond donors (Lipinski definition) is 0. The molecule has 0 aliphatic carbocycles. The summed E-state index contributed by atoms with van der Waals surface area (Å²) in [6.07, 6.45) is 6.17. The van der Waals surface area contributed by atoms with E-state index in [2.05, 4.69) is 279 Å². The number of pyridine rings is 1. The summed E-state index contributed by atoms with van der Waals surface area (Å²) in [6, 6.07) is 66.0. The smallest absolute Gasteiger partial charge is 0.135 e. The molecule has 356 valence electrons. The van der Waals surface area contributed by atoms with Crippen LogP contribution in [0.4, 0.5) is 11.4 Å². The first kappa shape index (κ1) is 48.3. The Labute approximate surface area is 429 Å². The van der Waals surface area contributed by atoms with Crippen LogP contribution in [-0.2, 0) is 42.7 Å². The quantitative estimate of drug-likeness (QED) is 0.128.